The van der Waals surface area contributed by atoms with Crippen LogP contribution in [0.1, 0.15) is 54.9 Å². The first kappa shape index (κ1) is 17.8. The topological polar surface area (TPSA) is 32.7 Å². The molecular weight excluding hydrogens is 298 g/mol. The van der Waals surface area contributed by atoms with Crippen LogP contribution in [-0.4, -0.2) is 35.8 Å². The molecule has 0 bridgehead atoms. The highest BCUT2D eigenvalue weighted by atomic mass is 16.5. The molecule has 3 heteroatoms. The molecule has 1 aliphatic heterocycles. The van der Waals surface area contributed by atoms with E-state index in [0.29, 0.717) is 11.8 Å². The summed E-state index contributed by atoms with van der Waals surface area (Å²) in [6.07, 6.45) is 4.34. The summed E-state index contributed by atoms with van der Waals surface area (Å²) in [4.78, 5) is 2.57. The summed E-state index contributed by atoms with van der Waals surface area (Å²) in [7, 11) is 1.75. The molecule has 2 fully saturated rings. The minimum Gasteiger partial charge on any atom is -0.496 e. The quantitative estimate of drug-likeness (QED) is 0.905. The highest BCUT2D eigenvalue weighted by Crippen LogP contribution is 2.44. The summed E-state index contributed by atoms with van der Waals surface area (Å²) in [6, 6.07) is 2.17. The third kappa shape index (κ3) is 2.97. The second-order valence-corrected chi connectivity index (χ2v) is 8.03. The van der Waals surface area contributed by atoms with Crippen LogP contribution in [0.15, 0.2) is 6.07 Å². The van der Waals surface area contributed by atoms with Crippen molar-refractivity contribution in [1.82, 2.24) is 4.90 Å². The van der Waals surface area contributed by atoms with E-state index >= 15 is 0 Å². The summed E-state index contributed by atoms with van der Waals surface area (Å²) in [5.74, 6) is 2.11. The van der Waals surface area contributed by atoms with Crippen LogP contribution in [0.3, 0.4) is 0 Å². The average molecular weight is 332 g/mol. The second-order valence-electron chi connectivity index (χ2n) is 8.03. The number of aliphatic hydroxyl groups is 1. The van der Waals surface area contributed by atoms with Gasteiger partial charge in [-0.15, -0.1) is 0 Å². The van der Waals surface area contributed by atoms with Gasteiger partial charge in [0.25, 0.3) is 0 Å². The highest BCUT2D eigenvalue weighted by molar-refractivity contribution is 5.48. The van der Waals surface area contributed by atoms with Crippen molar-refractivity contribution in [2.24, 2.45) is 11.8 Å². The van der Waals surface area contributed by atoms with E-state index in [2.05, 4.69) is 38.7 Å². The lowest BCUT2D eigenvalue weighted by Gasteiger charge is -2.40. The molecule has 0 radical (unpaired) electrons. The minimum atomic E-state index is -0.433. The zero-order valence-corrected chi connectivity index (χ0v) is 16.0. The molecule has 0 unspecified atom stereocenters. The predicted molar refractivity (Wildman–Crippen MR) is 98.6 cm³/mol. The fourth-order valence-corrected chi connectivity index (χ4v) is 5.06. The third-order valence-corrected chi connectivity index (χ3v) is 6.81. The molecule has 2 aliphatic rings. The number of nitrogens with zero attached hydrogens (tertiary/aromatic N) is 1. The van der Waals surface area contributed by atoms with Crippen LogP contribution < -0.4 is 4.74 Å². The third-order valence-electron chi connectivity index (χ3n) is 6.81. The minimum absolute atomic E-state index is 0.433. The number of hydrogen-bond donors (Lipinski definition) is 1. The zero-order chi connectivity index (χ0) is 17.5. The number of likely N-dealkylation sites (tertiary alicyclic amines) is 1. The van der Waals surface area contributed by atoms with Crippen LogP contribution in [0.4, 0.5) is 0 Å². The molecule has 0 aromatic heterocycles. The number of benzene rings is 1. The molecule has 3 rings (SSSR count). The standard InChI is InChI=1S/C21H33NO2/c1-6-21(23)9-7-8-17-11-22(13-19(17)21)12-18-14(2)10-20(24-5)16(4)15(18)3/h10,17,19,23H,6-9,11-13H2,1-5H3/t17-,19+,21-/m1/s1. The lowest BCUT2D eigenvalue weighted by atomic mass is 9.69. The van der Waals surface area contributed by atoms with E-state index < -0.39 is 5.60 Å². The van der Waals surface area contributed by atoms with Crippen LogP contribution in [0.25, 0.3) is 0 Å². The van der Waals surface area contributed by atoms with Crippen molar-refractivity contribution in [3.63, 3.8) is 0 Å². The lowest BCUT2D eigenvalue weighted by Crippen LogP contribution is -2.44. The fraction of sp³-hybridized carbons (Fsp3) is 0.714. The molecule has 134 valence electrons. The van der Waals surface area contributed by atoms with Crippen molar-refractivity contribution >= 4 is 0 Å². The van der Waals surface area contributed by atoms with E-state index in [1.54, 1.807) is 7.11 Å². The SMILES string of the molecule is CC[C@@]1(O)CCC[C@@H]2CN(Cc3c(C)cc(OC)c(C)c3C)C[C@@H]21. The van der Waals surface area contributed by atoms with Gasteiger partial charge < -0.3 is 9.84 Å². The van der Waals surface area contributed by atoms with Crippen LogP contribution in [0, 0.1) is 32.6 Å². The maximum absolute atomic E-state index is 11.0. The molecule has 1 heterocycles. The molecule has 0 spiro atoms. The Morgan fingerprint density at radius 1 is 1.25 bits per heavy atom. The first-order chi connectivity index (χ1) is 11.4. The molecule has 0 amide bonds. The number of fused-ring (bicyclic) bond motifs is 1. The summed E-state index contributed by atoms with van der Waals surface area (Å²) in [5.41, 5.74) is 4.92. The zero-order valence-electron chi connectivity index (χ0n) is 16.0. The largest absolute Gasteiger partial charge is 0.496 e. The predicted octanol–water partition coefficient (Wildman–Crippen LogP) is 3.99. The van der Waals surface area contributed by atoms with Crippen LogP contribution in [-0.2, 0) is 6.54 Å². The van der Waals surface area contributed by atoms with E-state index in [1.807, 2.05) is 0 Å². The molecule has 1 saturated heterocycles. The first-order valence-corrected chi connectivity index (χ1v) is 9.48. The molecular formula is C21H33NO2. The smallest absolute Gasteiger partial charge is 0.122 e. The van der Waals surface area contributed by atoms with Gasteiger partial charge in [-0.1, -0.05) is 13.3 Å². The fourth-order valence-electron chi connectivity index (χ4n) is 5.06. The molecule has 1 aliphatic carbocycles. The molecule has 3 atom stereocenters. The number of rotatable bonds is 4. The molecule has 1 saturated carbocycles. The van der Waals surface area contributed by atoms with Gasteiger partial charge in [0.05, 0.1) is 12.7 Å². The van der Waals surface area contributed by atoms with Crippen LogP contribution in [0.2, 0.25) is 0 Å². The molecule has 1 N–H and O–H groups in total. The van der Waals surface area contributed by atoms with Gasteiger partial charge in [-0.3, -0.25) is 4.90 Å². The van der Waals surface area contributed by atoms with Crippen molar-refractivity contribution in [3.8, 4) is 5.75 Å². The van der Waals surface area contributed by atoms with Crippen molar-refractivity contribution in [2.75, 3.05) is 20.2 Å². The van der Waals surface area contributed by atoms with E-state index in [9.17, 15) is 5.11 Å². The van der Waals surface area contributed by atoms with Gasteiger partial charge in [0, 0.05) is 25.6 Å². The number of aryl methyl sites for hydroxylation is 1. The Morgan fingerprint density at radius 3 is 2.67 bits per heavy atom. The Labute approximate surface area is 147 Å². The first-order valence-electron chi connectivity index (χ1n) is 9.48. The van der Waals surface area contributed by atoms with Gasteiger partial charge in [0.15, 0.2) is 0 Å². The van der Waals surface area contributed by atoms with Gasteiger partial charge in [-0.25, -0.2) is 0 Å². The van der Waals surface area contributed by atoms with Crippen molar-refractivity contribution in [1.29, 1.82) is 0 Å². The molecule has 3 nitrogen and oxygen atoms in total. The Bertz CT molecular complexity index is 612. The van der Waals surface area contributed by atoms with Crippen molar-refractivity contribution < 1.29 is 9.84 Å². The maximum atomic E-state index is 11.0. The van der Waals surface area contributed by atoms with Gasteiger partial charge in [0.1, 0.15) is 5.75 Å². The number of ether oxygens (including phenoxy) is 1. The Balaban J connectivity index is 1.80. The van der Waals surface area contributed by atoms with E-state index in [4.69, 9.17) is 4.74 Å². The summed E-state index contributed by atoms with van der Waals surface area (Å²) in [6.45, 7) is 11.9. The molecule has 1 aromatic carbocycles. The van der Waals surface area contributed by atoms with Gasteiger partial charge >= 0.3 is 0 Å². The van der Waals surface area contributed by atoms with E-state index in [0.717, 1.165) is 38.2 Å². The average Bonchev–Trinajstić information content (AvgIpc) is 2.99. The van der Waals surface area contributed by atoms with E-state index in [1.165, 1.54) is 35.1 Å². The van der Waals surface area contributed by atoms with Gasteiger partial charge in [0.2, 0.25) is 0 Å². The van der Waals surface area contributed by atoms with Crippen LogP contribution >= 0.6 is 0 Å². The summed E-state index contributed by atoms with van der Waals surface area (Å²) < 4.78 is 5.50. The van der Waals surface area contributed by atoms with Gasteiger partial charge in [-0.05, 0) is 74.3 Å². The lowest BCUT2D eigenvalue weighted by molar-refractivity contribution is -0.0613. The highest BCUT2D eigenvalue weighted by Gasteiger charge is 2.47. The molecule has 24 heavy (non-hydrogen) atoms. The Kier molecular flexibility index (Phi) is 4.94. The number of hydrogen-bond acceptors (Lipinski definition) is 3. The molecule has 1 aromatic rings. The summed E-state index contributed by atoms with van der Waals surface area (Å²) in [5, 5.41) is 11.0. The normalized spacial score (nSPS) is 30.4. The number of methoxy groups -OCH3 is 1. The van der Waals surface area contributed by atoms with Crippen molar-refractivity contribution in [2.45, 2.75) is 65.5 Å². The van der Waals surface area contributed by atoms with Crippen LogP contribution in [0.5, 0.6) is 5.75 Å². The van der Waals surface area contributed by atoms with Crippen molar-refractivity contribution in [3.05, 3.63) is 28.3 Å². The van der Waals surface area contributed by atoms with E-state index in [-0.39, 0.29) is 0 Å². The second kappa shape index (κ2) is 6.68. The monoisotopic (exact) mass is 331 g/mol. The Hall–Kier alpha value is -1.06. The summed E-state index contributed by atoms with van der Waals surface area (Å²) >= 11 is 0. The van der Waals surface area contributed by atoms with Gasteiger partial charge in [-0.2, -0.15) is 0 Å². The maximum Gasteiger partial charge on any atom is 0.122 e. The Morgan fingerprint density at radius 2 is 2.00 bits per heavy atom.